The van der Waals surface area contributed by atoms with Gasteiger partial charge in [0.2, 0.25) is 12.7 Å². The number of anilines is 1. The lowest BCUT2D eigenvalue weighted by Gasteiger charge is -2.05. The van der Waals surface area contributed by atoms with Gasteiger partial charge in [0, 0.05) is 24.2 Å². The zero-order chi connectivity index (χ0) is 17.1. The third-order valence-corrected chi connectivity index (χ3v) is 3.73. The molecule has 1 aliphatic heterocycles. The lowest BCUT2D eigenvalue weighted by molar-refractivity contribution is -0.111. The molecule has 0 aliphatic carbocycles. The first kappa shape index (κ1) is 15.0. The monoisotopic (exact) mass is 333 g/mol. The van der Waals surface area contributed by atoms with E-state index in [0.717, 1.165) is 22.7 Å². The molecule has 0 bridgehead atoms. The molecule has 1 amide bonds. The lowest BCUT2D eigenvalue weighted by Crippen LogP contribution is -2.07. The normalized spacial score (nSPS) is 12.5. The van der Waals surface area contributed by atoms with Crippen molar-refractivity contribution in [3.8, 4) is 17.2 Å². The van der Waals surface area contributed by atoms with E-state index in [4.69, 9.17) is 9.47 Å². The van der Waals surface area contributed by atoms with E-state index in [-0.39, 0.29) is 12.7 Å². The quantitative estimate of drug-likeness (QED) is 0.744. The molecular formula is C19H15N3O3. The highest BCUT2D eigenvalue weighted by atomic mass is 16.7. The van der Waals surface area contributed by atoms with E-state index >= 15 is 0 Å². The predicted octanol–water partition coefficient (Wildman–Crippen LogP) is 3.25. The predicted molar refractivity (Wildman–Crippen MR) is 93.8 cm³/mol. The molecule has 2 heterocycles. The fraction of sp³-hybridized carbons (Fsp3) is 0.0526. The van der Waals surface area contributed by atoms with Crippen molar-refractivity contribution in [3.63, 3.8) is 0 Å². The van der Waals surface area contributed by atoms with Crippen LogP contribution in [0, 0.1) is 0 Å². The summed E-state index contributed by atoms with van der Waals surface area (Å²) in [5, 5.41) is 6.99. The van der Waals surface area contributed by atoms with Gasteiger partial charge in [-0.05, 0) is 54.1 Å². The molecular weight excluding hydrogens is 318 g/mol. The number of rotatable bonds is 4. The van der Waals surface area contributed by atoms with E-state index in [0.29, 0.717) is 5.75 Å². The van der Waals surface area contributed by atoms with Crippen LogP contribution in [0.1, 0.15) is 5.56 Å². The number of carbonyl (C=O) groups is 1. The maximum absolute atomic E-state index is 12.1. The largest absolute Gasteiger partial charge is 0.454 e. The molecule has 0 fully saturated rings. The van der Waals surface area contributed by atoms with Gasteiger partial charge in [-0.1, -0.05) is 6.07 Å². The van der Waals surface area contributed by atoms with Crippen molar-refractivity contribution < 1.29 is 14.3 Å². The Morgan fingerprint density at radius 3 is 2.76 bits per heavy atom. The second-order valence-corrected chi connectivity index (χ2v) is 5.43. The Kier molecular flexibility index (Phi) is 3.92. The van der Waals surface area contributed by atoms with Crippen LogP contribution < -0.4 is 14.8 Å². The average molecular weight is 333 g/mol. The van der Waals surface area contributed by atoms with Gasteiger partial charge in [-0.3, -0.25) is 4.79 Å². The van der Waals surface area contributed by atoms with Crippen LogP contribution in [-0.2, 0) is 4.79 Å². The fourth-order valence-electron chi connectivity index (χ4n) is 2.49. The Labute approximate surface area is 144 Å². The summed E-state index contributed by atoms with van der Waals surface area (Å²) in [6.07, 6.45) is 6.80. The van der Waals surface area contributed by atoms with E-state index in [1.807, 2.05) is 54.7 Å². The van der Waals surface area contributed by atoms with Crippen LogP contribution in [0.4, 0.5) is 5.69 Å². The highest BCUT2D eigenvalue weighted by Crippen LogP contribution is 2.32. The van der Waals surface area contributed by atoms with Crippen molar-refractivity contribution in [2.24, 2.45) is 0 Å². The molecule has 0 spiro atoms. The Hall–Kier alpha value is -3.54. The number of hydrogen-bond acceptors (Lipinski definition) is 4. The van der Waals surface area contributed by atoms with E-state index in [1.165, 1.54) is 6.08 Å². The van der Waals surface area contributed by atoms with E-state index in [1.54, 1.807) is 17.0 Å². The van der Waals surface area contributed by atoms with Gasteiger partial charge >= 0.3 is 0 Å². The third kappa shape index (κ3) is 3.37. The van der Waals surface area contributed by atoms with Crippen LogP contribution in [0.15, 0.2) is 67.0 Å². The van der Waals surface area contributed by atoms with Crippen molar-refractivity contribution in [3.05, 3.63) is 72.6 Å². The fourth-order valence-corrected chi connectivity index (χ4v) is 2.49. The van der Waals surface area contributed by atoms with Crippen LogP contribution in [0.3, 0.4) is 0 Å². The average Bonchev–Trinajstić information content (AvgIpc) is 3.32. The van der Waals surface area contributed by atoms with Crippen LogP contribution in [0.5, 0.6) is 11.5 Å². The number of benzene rings is 2. The summed E-state index contributed by atoms with van der Waals surface area (Å²) in [6.45, 7) is 0.234. The van der Waals surface area contributed by atoms with Crippen molar-refractivity contribution in [1.29, 1.82) is 0 Å². The SMILES string of the molecule is O=C(C=Cc1ccc2c(c1)OCO2)Nc1ccc(-n2cccn2)cc1. The molecule has 0 atom stereocenters. The third-order valence-electron chi connectivity index (χ3n) is 3.73. The van der Waals surface area contributed by atoms with Gasteiger partial charge in [0.1, 0.15) is 0 Å². The molecule has 0 unspecified atom stereocenters. The first-order valence-electron chi connectivity index (χ1n) is 7.77. The standard InChI is InChI=1S/C19H15N3O3/c23-19(9-3-14-2-8-17-18(12-14)25-13-24-17)21-15-4-6-16(7-5-15)22-11-1-10-20-22/h1-12H,13H2,(H,21,23). The van der Waals surface area contributed by atoms with Crippen LogP contribution in [0.25, 0.3) is 11.8 Å². The van der Waals surface area contributed by atoms with Gasteiger partial charge in [0.05, 0.1) is 5.69 Å². The molecule has 124 valence electrons. The lowest BCUT2D eigenvalue weighted by atomic mass is 10.2. The summed E-state index contributed by atoms with van der Waals surface area (Å²) in [5.74, 6) is 1.21. The first-order valence-corrected chi connectivity index (χ1v) is 7.77. The number of hydrogen-bond donors (Lipinski definition) is 1. The molecule has 3 aromatic rings. The van der Waals surface area contributed by atoms with Gasteiger partial charge < -0.3 is 14.8 Å². The Balaban J connectivity index is 1.40. The molecule has 6 nitrogen and oxygen atoms in total. The molecule has 6 heteroatoms. The van der Waals surface area contributed by atoms with Gasteiger partial charge in [-0.2, -0.15) is 5.10 Å². The van der Waals surface area contributed by atoms with E-state index in [2.05, 4.69) is 10.4 Å². The van der Waals surface area contributed by atoms with Crippen molar-refractivity contribution >= 4 is 17.7 Å². The minimum absolute atomic E-state index is 0.204. The van der Waals surface area contributed by atoms with Crippen LogP contribution in [-0.4, -0.2) is 22.5 Å². The molecule has 1 aliphatic rings. The smallest absolute Gasteiger partial charge is 0.248 e. The summed E-state index contributed by atoms with van der Waals surface area (Å²) in [7, 11) is 0. The molecule has 4 rings (SSSR count). The maximum atomic E-state index is 12.1. The number of nitrogens with one attached hydrogen (secondary N) is 1. The second kappa shape index (κ2) is 6.52. The summed E-state index contributed by atoms with van der Waals surface area (Å²) < 4.78 is 12.3. The highest BCUT2D eigenvalue weighted by Gasteiger charge is 2.12. The van der Waals surface area contributed by atoms with Gasteiger partial charge in [0.25, 0.3) is 0 Å². The molecule has 1 N–H and O–H groups in total. The molecule has 1 aromatic heterocycles. The first-order chi connectivity index (χ1) is 12.3. The Bertz CT molecular complexity index is 916. The summed E-state index contributed by atoms with van der Waals surface area (Å²) in [6, 6.07) is 14.9. The number of amides is 1. The summed E-state index contributed by atoms with van der Waals surface area (Å²) in [5.41, 5.74) is 2.52. The summed E-state index contributed by atoms with van der Waals surface area (Å²) in [4.78, 5) is 12.1. The second-order valence-electron chi connectivity index (χ2n) is 5.43. The van der Waals surface area contributed by atoms with Crippen LogP contribution in [0.2, 0.25) is 0 Å². The van der Waals surface area contributed by atoms with Crippen molar-refractivity contribution in [1.82, 2.24) is 9.78 Å². The number of carbonyl (C=O) groups excluding carboxylic acids is 1. The minimum atomic E-state index is -0.204. The maximum Gasteiger partial charge on any atom is 0.248 e. The molecule has 0 saturated carbocycles. The Morgan fingerprint density at radius 1 is 1.12 bits per heavy atom. The molecule has 25 heavy (non-hydrogen) atoms. The van der Waals surface area contributed by atoms with Crippen molar-refractivity contribution in [2.45, 2.75) is 0 Å². The molecule has 0 radical (unpaired) electrons. The van der Waals surface area contributed by atoms with E-state index in [9.17, 15) is 4.79 Å². The van der Waals surface area contributed by atoms with Gasteiger partial charge in [0.15, 0.2) is 11.5 Å². The van der Waals surface area contributed by atoms with Crippen LogP contribution >= 0.6 is 0 Å². The number of nitrogens with zero attached hydrogens (tertiary/aromatic N) is 2. The molecule has 0 saturated heterocycles. The minimum Gasteiger partial charge on any atom is -0.454 e. The number of fused-ring (bicyclic) bond motifs is 1. The zero-order valence-electron chi connectivity index (χ0n) is 13.3. The Morgan fingerprint density at radius 2 is 1.96 bits per heavy atom. The number of aromatic nitrogens is 2. The molecule has 2 aromatic carbocycles. The van der Waals surface area contributed by atoms with Gasteiger partial charge in [-0.25, -0.2) is 4.68 Å². The van der Waals surface area contributed by atoms with Gasteiger partial charge in [-0.15, -0.1) is 0 Å². The van der Waals surface area contributed by atoms with Crippen molar-refractivity contribution in [2.75, 3.05) is 12.1 Å². The van der Waals surface area contributed by atoms with E-state index < -0.39 is 0 Å². The highest BCUT2D eigenvalue weighted by molar-refractivity contribution is 6.02. The number of ether oxygens (including phenoxy) is 2. The summed E-state index contributed by atoms with van der Waals surface area (Å²) >= 11 is 0. The zero-order valence-corrected chi connectivity index (χ0v) is 13.3. The topological polar surface area (TPSA) is 65.4 Å².